The van der Waals surface area contributed by atoms with Gasteiger partial charge in [-0.3, -0.25) is 5.10 Å². The van der Waals surface area contributed by atoms with Crippen LogP contribution in [0.1, 0.15) is 30.3 Å². The molecule has 66 valence electrons. The van der Waals surface area contributed by atoms with E-state index in [0.717, 1.165) is 30.8 Å². The standard InChI is InChI=1S/C8H12N2O2/c11-5-6-4-7(10-9-6)8-2-1-3-12-8/h4,8,11H,1-3,5H2,(H,9,10). The molecule has 2 rings (SSSR count). The third-order valence-electron chi connectivity index (χ3n) is 2.08. The van der Waals surface area contributed by atoms with Crippen LogP contribution in [0.25, 0.3) is 0 Å². The fourth-order valence-corrected chi connectivity index (χ4v) is 1.44. The summed E-state index contributed by atoms with van der Waals surface area (Å²) in [5.41, 5.74) is 1.66. The summed E-state index contributed by atoms with van der Waals surface area (Å²) in [5.74, 6) is 0. The summed E-state index contributed by atoms with van der Waals surface area (Å²) >= 11 is 0. The first-order valence-electron chi connectivity index (χ1n) is 4.17. The molecule has 1 aromatic heterocycles. The molecular weight excluding hydrogens is 156 g/mol. The molecule has 0 spiro atoms. The molecule has 0 saturated carbocycles. The number of nitrogens with zero attached hydrogens (tertiary/aromatic N) is 1. The molecule has 1 aliphatic rings. The Hall–Kier alpha value is -0.870. The van der Waals surface area contributed by atoms with Gasteiger partial charge in [0, 0.05) is 6.61 Å². The summed E-state index contributed by atoms with van der Waals surface area (Å²) in [5, 5.41) is 15.6. The van der Waals surface area contributed by atoms with Crippen molar-refractivity contribution >= 4 is 0 Å². The zero-order chi connectivity index (χ0) is 8.39. The van der Waals surface area contributed by atoms with E-state index in [0.29, 0.717) is 0 Å². The van der Waals surface area contributed by atoms with Gasteiger partial charge in [-0.05, 0) is 18.9 Å². The fourth-order valence-electron chi connectivity index (χ4n) is 1.44. The number of H-pyrrole nitrogens is 1. The fraction of sp³-hybridized carbons (Fsp3) is 0.625. The lowest BCUT2D eigenvalue weighted by Gasteiger charge is -2.02. The molecule has 0 aromatic carbocycles. The van der Waals surface area contributed by atoms with Gasteiger partial charge in [0.1, 0.15) is 6.10 Å². The molecule has 12 heavy (non-hydrogen) atoms. The van der Waals surface area contributed by atoms with Crippen LogP contribution in [0.15, 0.2) is 6.07 Å². The van der Waals surface area contributed by atoms with E-state index in [1.165, 1.54) is 0 Å². The van der Waals surface area contributed by atoms with Crippen LogP contribution in [0, 0.1) is 0 Å². The van der Waals surface area contributed by atoms with E-state index in [9.17, 15) is 0 Å². The molecule has 2 N–H and O–H groups in total. The van der Waals surface area contributed by atoms with Gasteiger partial charge in [0.2, 0.25) is 0 Å². The predicted octanol–water partition coefficient (Wildman–Crippen LogP) is 0.753. The van der Waals surface area contributed by atoms with Gasteiger partial charge in [-0.25, -0.2) is 0 Å². The van der Waals surface area contributed by atoms with Gasteiger partial charge in [0.15, 0.2) is 0 Å². The van der Waals surface area contributed by atoms with Crippen molar-refractivity contribution in [1.82, 2.24) is 10.2 Å². The minimum Gasteiger partial charge on any atom is -0.390 e. The highest BCUT2D eigenvalue weighted by Gasteiger charge is 2.19. The van der Waals surface area contributed by atoms with Gasteiger partial charge >= 0.3 is 0 Å². The molecule has 4 nitrogen and oxygen atoms in total. The van der Waals surface area contributed by atoms with E-state index in [1.54, 1.807) is 0 Å². The zero-order valence-electron chi connectivity index (χ0n) is 6.79. The molecule has 0 bridgehead atoms. The number of hydrogen-bond acceptors (Lipinski definition) is 3. The lowest BCUT2D eigenvalue weighted by molar-refractivity contribution is 0.108. The Balaban J connectivity index is 2.11. The van der Waals surface area contributed by atoms with Crippen LogP contribution in [-0.4, -0.2) is 21.9 Å². The van der Waals surface area contributed by atoms with Crippen LogP contribution in [0.2, 0.25) is 0 Å². The van der Waals surface area contributed by atoms with Crippen molar-refractivity contribution in [2.45, 2.75) is 25.6 Å². The molecule has 4 heteroatoms. The van der Waals surface area contributed by atoms with E-state index in [-0.39, 0.29) is 12.7 Å². The molecule has 1 saturated heterocycles. The highest BCUT2D eigenvalue weighted by Crippen LogP contribution is 2.26. The average molecular weight is 168 g/mol. The molecule has 0 radical (unpaired) electrons. The molecule has 0 aliphatic carbocycles. The highest BCUT2D eigenvalue weighted by molar-refractivity contribution is 5.11. The van der Waals surface area contributed by atoms with Crippen molar-refractivity contribution in [3.8, 4) is 0 Å². The first-order valence-corrected chi connectivity index (χ1v) is 4.17. The number of rotatable bonds is 2. The molecule has 0 amide bonds. The zero-order valence-corrected chi connectivity index (χ0v) is 6.79. The lowest BCUT2D eigenvalue weighted by atomic mass is 10.2. The van der Waals surface area contributed by atoms with E-state index >= 15 is 0 Å². The van der Waals surface area contributed by atoms with E-state index in [1.807, 2.05) is 6.07 Å². The number of aliphatic hydroxyl groups excluding tert-OH is 1. The number of aromatic nitrogens is 2. The number of hydrogen-bond donors (Lipinski definition) is 2. The first kappa shape index (κ1) is 7.76. The normalized spacial score (nSPS) is 23.2. The summed E-state index contributed by atoms with van der Waals surface area (Å²) < 4.78 is 5.43. The summed E-state index contributed by atoms with van der Waals surface area (Å²) in [4.78, 5) is 0. The minimum atomic E-state index is 0.0136. The molecule has 1 aromatic rings. The molecular formula is C8H12N2O2. The van der Waals surface area contributed by atoms with Gasteiger partial charge in [0.05, 0.1) is 18.0 Å². The summed E-state index contributed by atoms with van der Waals surface area (Å²) in [6.45, 7) is 0.839. The van der Waals surface area contributed by atoms with Crippen molar-refractivity contribution in [3.63, 3.8) is 0 Å². The van der Waals surface area contributed by atoms with E-state index < -0.39 is 0 Å². The van der Waals surface area contributed by atoms with Crippen LogP contribution < -0.4 is 0 Å². The Morgan fingerprint density at radius 2 is 2.67 bits per heavy atom. The lowest BCUT2D eigenvalue weighted by Crippen LogP contribution is -1.95. The maximum absolute atomic E-state index is 8.78. The summed E-state index contributed by atoms with van der Waals surface area (Å²) in [6.07, 6.45) is 2.28. The number of aliphatic hydroxyl groups is 1. The molecule has 1 unspecified atom stereocenters. The third kappa shape index (κ3) is 1.35. The van der Waals surface area contributed by atoms with Crippen LogP contribution in [0.5, 0.6) is 0 Å². The van der Waals surface area contributed by atoms with E-state index in [2.05, 4.69) is 10.2 Å². The van der Waals surface area contributed by atoms with Gasteiger partial charge in [-0.2, -0.15) is 5.10 Å². The number of nitrogens with one attached hydrogen (secondary N) is 1. The molecule has 1 atom stereocenters. The summed E-state index contributed by atoms with van der Waals surface area (Å²) in [6, 6.07) is 1.86. The first-order chi connectivity index (χ1) is 5.90. The monoisotopic (exact) mass is 168 g/mol. The molecule has 1 fully saturated rings. The summed E-state index contributed by atoms with van der Waals surface area (Å²) in [7, 11) is 0. The average Bonchev–Trinajstić information content (AvgIpc) is 2.75. The number of ether oxygens (including phenoxy) is 1. The van der Waals surface area contributed by atoms with Crippen LogP contribution in [0.4, 0.5) is 0 Å². The second-order valence-electron chi connectivity index (χ2n) is 2.98. The van der Waals surface area contributed by atoms with Crippen molar-refractivity contribution in [1.29, 1.82) is 0 Å². The van der Waals surface area contributed by atoms with Crippen molar-refractivity contribution in [3.05, 3.63) is 17.5 Å². The quantitative estimate of drug-likeness (QED) is 0.685. The van der Waals surface area contributed by atoms with Gasteiger partial charge in [-0.15, -0.1) is 0 Å². The van der Waals surface area contributed by atoms with Crippen molar-refractivity contribution in [2.24, 2.45) is 0 Å². The van der Waals surface area contributed by atoms with Gasteiger partial charge in [0.25, 0.3) is 0 Å². The highest BCUT2D eigenvalue weighted by atomic mass is 16.5. The van der Waals surface area contributed by atoms with Crippen molar-refractivity contribution in [2.75, 3.05) is 6.61 Å². The predicted molar refractivity (Wildman–Crippen MR) is 42.4 cm³/mol. The Labute approximate surface area is 70.6 Å². The Kier molecular flexibility index (Phi) is 2.10. The molecule has 1 aliphatic heterocycles. The van der Waals surface area contributed by atoms with E-state index in [4.69, 9.17) is 9.84 Å². The maximum atomic E-state index is 8.78. The SMILES string of the molecule is OCc1cc(C2CCCO2)n[nH]1. The largest absolute Gasteiger partial charge is 0.390 e. The smallest absolute Gasteiger partial charge is 0.101 e. The Morgan fingerprint density at radius 1 is 1.75 bits per heavy atom. The van der Waals surface area contributed by atoms with Gasteiger partial charge < -0.3 is 9.84 Å². The third-order valence-corrected chi connectivity index (χ3v) is 2.08. The maximum Gasteiger partial charge on any atom is 0.101 e. The van der Waals surface area contributed by atoms with Crippen LogP contribution >= 0.6 is 0 Å². The Bertz CT molecular complexity index is 253. The second-order valence-corrected chi connectivity index (χ2v) is 2.98. The Morgan fingerprint density at radius 3 is 3.25 bits per heavy atom. The second kappa shape index (κ2) is 3.25. The molecule has 2 heterocycles. The number of aromatic amines is 1. The van der Waals surface area contributed by atoms with Crippen LogP contribution in [0.3, 0.4) is 0 Å². The van der Waals surface area contributed by atoms with Crippen LogP contribution in [-0.2, 0) is 11.3 Å². The van der Waals surface area contributed by atoms with Crippen molar-refractivity contribution < 1.29 is 9.84 Å². The minimum absolute atomic E-state index is 0.0136. The topological polar surface area (TPSA) is 58.1 Å². The van der Waals surface area contributed by atoms with Gasteiger partial charge in [-0.1, -0.05) is 0 Å².